The quantitative estimate of drug-likeness (QED) is 0.0299. The molecule has 10 heteroatoms. The van der Waals surface area contributed by atoms with Crippen molar-refractivity contribution in [2.75, 3.05) is 26.4 Å². The molecular formula is C35H68NO8P. The first-order valence-corrected chi connectivity index (χ1v) is 19.7. The zero-order valence-corrected chi connectivity index (χ0v) is 29.8. The van der Waals surface area contributed by atoms with E-state index in [-0.39, 0.29) is 32.6 Å². The summed E-state index contributed by atoms with van der Waals surface area (Å²) in [7, 11) is -4.36. The lowest BCUT2D eigenvalue weighted by Gasteiger charge is -2.19. The molecule has 0 spiro atoms. The molecule has 0 saturated heterocycles. The second-order valence-corrected chi connectivity index (χ2v) is 13.5. The van der Waals surface area contributed by atoms with Gasteiger partial charge in [0, 0.05) is 19.4 Å². The van der Waals surface area contributed by atoms with E-state index < -0.39 is 32.5 Å². The molecule has 0 aromatic carbocycles. The lowest BCUT2D eigenvalue weighted by molar-refractivity contribution is -0.161. The van der Waals surface area contributed by atoms with Crippen molar-refractivity contribution >= 4 is 19.8 Å². The molecule has 0 aromatic heterocycles. The molecule has 0 aliphatic rings. The van der Waals surface area contributed by atoms with Crippen molar-refractivity contribution in [3.63, 3.8) is 0 Å². The molecule has 3 N–H and O–H groups in total. The van der Waals surface area contributed by atoms with Crippen LogP contribution in [0, 0.1) is 0 Å². The number of ether oxygens (including phenoxy) is 2. The summed E-state index contributed by atoms with van der Waals surface area (Å²) in [5.41, 5.74) is 5.32. The summed E-state index contributed by atoms with van der Waals surface area (Å²) in [5.74, 6) is -0.836. The fourth-order valence-electron chi connectivity index (χ4n) is 4.92. The molecule has 0 saturated carbocycles. The molecule has 9 nitrogen and oxygen atoms in total. The average Bonchev–Trinajstić information content (AvgIpc) is 3.02. The maximum Gasteiger partial charge on any atom is 0.472 e. The monoisotopic (exact) mass is 661 g/mol. The van der Waals surface area contributed by atoms with Gasteiger partial charge in [-0.3, -0.25) is 18.6 Å². The van der Waals surface area contributed by atoms with Crippen LogP contribution in [-0.4, -0.2) is 49.3 Å². The lowest BCUT2D eigenvalue weighted by Crippen LogP contribution is -2.29. The van der Waals surface area contributed by atoms with Gasteiger partial charge in [0.2, 0.25) is 0 Å². The van der Waals surface area contributed by atoms with E-state index in [1.54, 1.807) is 0 Å². The number of esters is 2. The molecule has 0 amide bonds. The molecule has 266 valence electrons. The topological polar surface area (TPSA) is 134 Å². The Hall–Kier alpha value is -1.25. The first-order chi connectivity index (χ1) is 21.8. The predicted molar refractivity (Wildman–Crippen MR) is 183 cm³/mol. The minimum absolute atomic E-state index is 0.0547. The van der Waals surface area contributed by atoms with E-state index in [1.165, 1.54) is 83.5 Å². The lowest BCUT2D eigenvalue weighted by atomic mass is 10.0. The summed E-state index contributed by atoms with van der Waals surface area (Å²) in [6.45, 7) is 3.68. The zero-order valence-electron chi connectivity index (χ0n) is 28.9. The molecule has 1 unspecified atom stereocenters. The van der Waals surface area contributed by atoms with Gasteiger partial charge in [-0.05, 0) is 38.5 Å². The summed E-state index contributed by atoms with van der Waals surface area (Å²) in [4.78, 5) is 34.6. The third-order valence-corrected chi connectivity index (χ3v) is 8.64. The Balaban J connectivity index is 4.25. The van der Waals surface area contributed by atoms with Crippen LogP contribution < -0.4 is 5.73 Å². The maximum absolute atomic E-state index is 12.5. The van der Waals surface area contributed by atoms with Gasteiger partial charge in [-0.1, -0.05) is 129 Å². The summed E-state index contributed by atoms with van der Waals surface area (Å²) in [6, 6.07) is 0. The van der Waals surface area contributed by atoms with Crippen molar-refractivity contribution in [1.82, 2.24) is 0 Å². The predicted octanol–water partition coefficient (Wildman–Crippen LogP) is 9.49. The van der Waals surface area contributed by atoms with Gasteiger partial charge >= 0.3 is 19.8 Å². The second-order valence-electron chi connectivity index (χ2n) is 12.1. The van der Waals surface area contributed by atoms with Crippen LogP contribution in [0.5, 0.6) is 0 Å². The van der Waals surface area contributed by atoms with E-state index in [9.17, 15) is 19.0 Å². The summed E-state index contributed by atoms with van der Waals surface area (Å²) >= 11 is 0. The van der Waals surface area contributed by atoms with Crippen LogP contribution in [0.1, 0.15) is 168 Å². The highest BCUT2D eigenvalue weighted by Crippen LogP contribution is 2.43. The Kier molecular flexibility index (Phi) is 31.8. The van der Waals surface area contributed by atoms with E-state index in [0.717, 1.165) is 51.4 Å². The van der Waals surface area contributed by atoms with E-state index in [1.807, 2.05) is 0 Å². The van der Waals surface area contributed by atoms with Crippen molar-refractivity contribution in [3.05, 3.63) is 12.2 Å². The molecule has 0 aromatic rings. The molecule has 0 heterocycles. The van der Waals surface area contributed by atoms with Gasteiger partial charge in [-0.2, -0.15) is 0 Å². The van der Waals surface area contributed by atoms with Crippen molar-refractivity contribution in [3.8, 4) is 0 Å². The van der Waals surface area contributed by atoms with E-state index in [4.69, 9.17) is 24.3 Å². The Bertz CT molecular complexity index is 764. The Morgan fingerprint density at radius 2 is 1.09 bits per heavy atom. The number of carbonyl (C=O) groups is 2. The Labute approximate surface area is 275 Å². The van der Waals surface area contributed by atoms with Crippen LogP contribution in [0.25, 0.3) is 0 Å². The van der Waals surface area contributed by atoms with Crippen molar-refractivity contribution in [2.24, 2.45) is 5.73 Å². The van der Waals surface area contributed by atoms with Crippen LogP contribution >= 0.6 is 7.82 Å². The van der Waals surface area contributed by atoms with Crippen molar-refractivity contribution < 1.29 is 37.6 Å². The van der Waals surface area contributed by atoms with E-state index in [2.05, 4.69) is 26.0 Å². The highest BCUT2D eigenvalue weighted by Gasteiger charge is 2.25. The number of hydrogen-bond donors (Lipinski definition) is 2. The van der Waals surface area contributed by atoms with Gasteiger partial charge < -0.3 is 20.1 Å². The molecule has 2 atom stereocenters. The molecule has 45 heavy (non-hydrogen) atoms. The van der Waals surface area contributed by atoms with Gasteiger partial charge in [0.1, 0.15) is 6.61 Å². The molecule has 0 aliphatic heterocycles. The minimum Gasteiger partial charge on any atom is -0.462 e. The number of unbranched alkanes of at least 4 members (excludes halogenated alkanes) is 19. The van der Waals surface area contributed by atoms with E-state index >= 15 is 0 Å². The number of rotatable bonds is 34. The number of phosphoric acid groups is 1. The molecule has 0 radical (unpaired) electrons. The van der Waals surface area contributed by atoms with Crippen LogP contribution in [0.2, 0.25) is 0 Å². The third kappa shape index (κ3) is 32.5. The van der Waals surface area contributed by atoms with Gasteiger partial charge in [0.15, 0.2) is 6.10 Å². The Morgan fingerprint density at radius 1 is 0.644 bits per heavy atom. The fraction of sp³-hybridized carbons (Fsp3) is 0.886. The number of phosphoric ester groups is 1. The molecular weight excluding hydrogens is 593 g/mol. The van der Waals surface area contributed by atoms with E-state index in [0.29, 0.717) is 6.42 Å². The van der Waals surface area contributed by atoms with Gasteiger partial charge in [0.25, 0.3) is 0 Å². The molecule has 0 aliphatic carbocycles. The van der Waals surface area contributed by atoms with Crippen LogP contribution in [0.3, 0.4) is 0 Å². The smallest absolute Gasteiger partial charge is 0.462 e. The van der Waals surface area contributed by atoms with Gasteiger partial charge in [-0.15, -0.1) is 0 Å². The SMILES string of the molecule is CCCCC/C=C\CCCCCCCC(=O)OC[C@H](COP(=O)(O)OCCN)OC(=O)CCCCCCCCCCCCCC. The number of allylic oxidation sites excluding steroid dienone is 2. The normalized spacial score (nSPS) is 13.6. The van der Waals surface area contributed by atoms with Crippen molar-refractivity contribution in [2.45, 2.75) is 174 Å². The zero-order chi connectivity index (χ0) is 33.3. The highest BCUT2D eigenvalue weighted by molar-refractivity contribution is 7.47. The summed E-state index contributed by atoms with van der Waals surface area (Å²) in [5, 5.41) is 0. The molecule has 0 bridgehead atoms. The second kappa shape index (κ2) is 32.7. The third-order valence-electron chi connectivity index (χ3n) is 7.65. The molecule has 0 fully saturated rings. The van der Waals surface area contributed by atoms with Crippen LogP contribution in [0.4, 0.5) is 0 Å². The van der Waals surface area contributed by atoms with Crippen LogP contribution in [0.15, 0.2) is 12.2 Å². The standard InChI is InChI=1S/C35H68NO8P/c1-3-5-7-9-11-13-15-17-19-21-23-25-27-34(37)41-31-33(32-43-45(39,40)42-30-29-36)44-35(38)28-26-24-22-20-18-16-14-12-10-8-6-4-2/h11,13,33H,3-10,12,14-32,36H2,1-2H3,(H,39,40)/b13-11-/t33-/m1/s1. The number of hydrogen-bond acceptors (Lipinski definition) is 8. The minimum atomic E-state index is -4.36. The summed E-state index contributed by atoms with van der Waals surface area (Å²) in [6.07, 6.45) is 29.5. The van der Waals surface area contributed by atoms with Gasteiger partial charge in [-0.25, -0.2) is 4.57 Å². The summed E-state index contributed by atoms with van der Waals surface area (Å²) < 4.78 is 32.6. The number of nitrogens with two attached hydrogens (primary N) is 1. The Morgan fingerprint density at radius 3 is 1.62 bits per heavy atom. The first kappa shape index (κ1) is 43.8. The van der Waals surface area contributed by atoms with Crippen molar-refractivity contribution in [1.29, 1.82) is 0 Å². The maximum atomic E-state index is 12.5. The number of carbonyl (C=O) groups excluding carboxylic acids is 2. The molecule has 0 rings (SSSR count). The largest absolute Gasteiger partial charge is 0.472 e. The highest BCUT2D eigenvalue weighted by atomic mass is 31.2. The van der Waals surface area contributed by atoms with Gasteiger partial charge in [0.05, 0.1) is 13.2 Å². The first-order valence-electron chi connectivity index (χ1n) is 18.2. The fourth-order valence-corrected chi connectivity index (χ4v) is 5.69. The van der Waals surface area contributed by atoms with Crippen LogP contribution in [-0.2, 0) is 32.7 Å². The average molecular weight is 662 g/mol.